The molecule has 0 spiro atoms. The summed E-state index contributed by atoms with van der Waals surface area (Å²) >= 11 is 1.65. The molecule has 0 aromatic heterocycles. The van der Waals surface area contributed by atoms with Gasteiger partial charge in [-0.1, -0.05) is 17.8 Å². The molecule has 1 saturated heterocycles. The van der Waals surface area contributed by atoms with E-state index in [1.54, 1.807) is 17.8 Å². The zero-order valence-electron chi connectivity index (χ0n) is 8.16. The number of rotatable bonds is 4. The molecule has 1 unspecified atom stereocenters. The molecule has 2 rings (SSSR count). The number of nitrogens with one attached hydrogen (secondary N) is 2. The Labute approximate surface area is 92.2 Å². The Balaban J connectivity index is 1.91. The molecular formula is C10H12N2O2S. The maximum atomic E-state index is 11.2. The van der Waals surface area contributed by atoms with Crippen molar-refractivity contribution in [1.29, 1.82) is 0 Å². The summed E-state index contributed by atoms with van der Waals surface area (Å²) in [6, 6.07) is 0. The van der Waals surface area contributed by atoms with Crippen molar-refractivity contribution in [2.45, 2.75) is 18.2 Å². The van der Waals surface area contributed by atoms with Gasteiger partial charge in [0.25, 0.3) is 0 Å². The van der Waals surface area contributed by atoms with Crippen LogP contribution in [0, 0.1) is 0 Å². The first-order valence-electron chi connectivity index (χ1n) is 4.85. The minimum absolute atomic E-state index is 0.162. The number of thioether (sulfide) groups is 1. The summed E-state index contributed by atoms with van der Waals surface area (Å²) in [5.41, 5.74) is 1.07. The lowest BCUT2D eigenvalue weighted by molar-refractivity contribution is -0.114. The highest BCUT2D eigenvalue weighted by Crippen LogP contribution is 2.37. The minimum atomic E-state index is 0.162. The normalized spacial score (nSPS) is 23.7. The van der Waals surface area contributed by atoms with E-state index in [9.17, 15) is 9.59 Å². The molecule has 1 aliphatic heterocycles. The largest absolute Gasteiger partial charge is 0.372 e. The quantitative estimate of drug-likeness (QED) is 0.540. The average molecular weight is 224 g/mol. The van der Waals surface area contributed by atoms with Crippen molar-refractivity contribution >= 4 is 24.0 Å². The number of amides is 1. The van der Waals surface area contributed by atoms with Crippen LogP contribution in [0.1, 0.15) is 12.8 Å². The molecular weight excluding hydrogens is 212 g/mol. The number of allylic oxidation sites excluding steroid dienone is 2. The molecule has 1 atom stereocenters. The van der Waals surface area contributed by atoms with E-state index < -0.39 is 0 Å². The molecule has 0 saturated carbocycles. The maximum absolute atomic E-state index is 11.2. The van der Waals surface area contributed by atoms with Crippen LogP contribution in [0.4, 0.5) is 0 Å². The molecule has 0 bridgehead atoms. The molecule has 1 heterocycles. The van der Waals surface area contributed by atoms with E-state index in [1.165, 1.54) is 0 Å². The van der Waals surface area contributed by atoms with Gasteiger partial charge in [0.15, 0.2) is 5.78 Å². The van der Waals surface area contributed by atoms with Crippen molar-refractivity contribution in [1.82, 2.24) is 10.6 Å². The highest BCUT2D eigenvalue weighted by Gasteiger charge is 2.26. The van der Waals surface area contributed by atoms with Gasteiger partial charge in [0.1, 0.15) is 0 Å². The summed E-state index contributed by atoms with van der Waals surface area (Å²) in [6.07, 6.45) is 5.67. The SMILES string of the molecule is O=CNCCC1NC2=CCC(=O)C=C2S1. The van der Waals surface area contributed by atoms with E-state index in [2.05, 4.69) is 10.6 Å². The molecule has 4 nitrogen and oxygen atoms in total. The number of fused-ring (bicyclic) bond motifs is 1. The van der Waals surface area contributed by atoms with Crippen LogP contribution in [0.15, 0.2) is 22.8 Å². The zero-order valence-corrected chi connectivity index (χ0v) is 8.97. The predicted molar refractivity (Wildman–Crippen MR) is 59.0 cm³/mol. The lowest BCUT2D eigenvalue weighted by atomic mass is 10.1. The number of carbonyl (C=O) groups excluding carboxylic acids is 2. The molecule has 5 heteroatoms. The summed E-state index contributed by atoms with van der Waals surface area (Å²) in [5.74, 6) is 0.162. The maximum Gasteiger partial charge on any atom is 0.207 e. The second kappa shape index (κ2) is 4.53. The van der Waals surface area contributed by atoms with Crippen LogP contribution in [0.25, 0.3) is 0 Å². The molecule has 80 valence electrons. The first kappa shape index (κ1) is 10.3. The smallest absolute Gasteiger partial charge is 0.207 e. The van der Waals surface area contributed by atoms with Crippen LogP contribution in [0.2, 0.25) is 0 Å². The Bertz CT molecular complexity index is 349. The van der Waals surface area contributed by atoms with Crippen LogP contribution in [0.5, 0.6) is 0 Å². The van der Waals surface area contributed by atoms with Gasteiger partial charge in [-0.05, 0) is 12.5 Å². The molecule has 1 amide bonds. The van der Waals surface area contributed by atoms with Gasteiger partial charge in [0.2, 0.25) is 6.41 Å². The monoisotopic (exact) mass is 224 g/mol. The van der Waals surface area contributed by atoms with Crippen molar-refractivity contribution in [2.75, 3.05) is 6.54 Å². The number of hydrogen-bond acceptors (Lipinski definition) is 4. The van der Waals surface area contributed by atoms with Crippen molar-refractivity contribution < 1.29 is 9.59 Å². The van der Waals surface area contributed by atoms with E-state index >= 15 is 0 Å². The lowest BCUT2D eigenvalue weighted by Gasteiger charge is -2.08. The van der Waals surface area contributed by atoms with Gasteiger partial charge in [0, 0.05) is 23.6 Å². The van der Waals surface area contributed by atoms with Gasteiger partial charge < -0.3 is 10.6 Å². The third-order valence-corrected chi connectivity index (χ3v) is 3.51. The standard InChI is InChI=1S/C10H12N2O2S/c13-6-11-4-3-10-12-8-2-1-7(14)5-9(8)15-10/h2,5-6,10,12H,1,3-4H2,(H,11,13). The highest BCUT2D eigenvalue weighted by molar-refractivity contribution is 8.04. The summed E-state index contributed by atoms with van der Waals surface area (Å²) in [4.78, 5) is 22.2. The molecule has 0 aromatic rings. The third kappa shape index (κ3) is 2.41. The minimum Gasteiger partial charge on any atom is -0.372 e. The van der Waals surface area contributed by atoms with Gasteiger partial charge in [-0.3, -0.25) is 9.59 Å². The van der Waals surface area contributed by atoms with E-state index in [-0.39, 0.29) is 11.2 Å². The van der Waals surface area contributed by atoms with E-state index in [0.29, 0.717) is 19.4 Å². The van der Waals surface area contributed by atoms with Gasteiger partial charge in [-0.15, -0.1) is 0 Å². The fourth-order valence-electron chi connectivity index (χ4n) is 1.57. The molecule has 1 fully saturated rings. The van der Waals surface area contributed by atoms with Crippen molar-refractivity contribution in [3.05, 3.63) is 22.8 Å². The van der Waals surface area contributed by atoms with Crippen molar-refractivity contribution in [3.8, 4) is 0 Å². The van der Waals surface area contributed by atoms with Gasteiger partial charge in [0.05, 0.1) is 5.37 Å². The molecule has 2 N–H and O–H groups in total. The Morgan fingerprint density at radius 3 is 3.33 bits per heavy atom. The Hall–Kier alpha value is -1.23. The van der Waals surface area contributed by atoms with Crippen LogP contribution < -0.4 is 10.6 Å². The third-order valence-electron chi connectivity index (χ3n) is 2.28. The molecule has 15 heavy (non-hydrogen) atoms. The van der Waals surface area contributed by atoms with Crippen molar-refractivity contribution in [2.24, 2.45) is 0 Å². The van der Waals surface area contributed by atoms with E-state index in [4.69, 9.17) is 0 Å². The van der Waals surface area contributed by atoms with E-state index in [0.717, 1.165) is 17.0 Å². The Morgan fingerprint density at radius 2 is 2.53 bits per heavy atom. The van der Waals surface area contributed by atoms with E-state index in [1.807, 2.05) is 6.08 Å². The number of ketones is 1. The fourth-order valence-corrected chi connectivity index (χ4v) is 2.77. The number of carbonyl (C=O) groups is 2. The molecule has 2 aliphatic rings. The first-order valence-corrected chi connectivity index (χ1v) is 5.73. The van der Waals surface area contributed by atoms with Crippen LogP contribution in [-0.4, -0.2) is 24.1 Å². The second-order valence-corrected chi connectivity index (χ2v) is 4.65. The molecule has 1 aliphatic carbocycles. The summed E-state index contributed by atoms with van der Waals surface area (Å²) < 4.78 is 0. The van der Waals surface area contributed by atoms with Crippen molar-refractivity contribution in [3.63, 3.8) is 0 Å². The Kier molecular flexibility index (Phi) is 3.11. The van der Waals surface area contributed by atoms with Gasteiger partial charge >= 0.3 is 0 Å². The molecule has 0 radical (unpaired) electrons. The topological polar surface area (TPSA) is 58.2 Å². The Morgan fingerprint density at radius 1 is 1.67 bits per heavy atom. The summed E-state index contributed by atoms with van der Waals surface area (Å²) in [5, 5.41) is 6.21. The highest BCUT2D eigenvalue weighted by atomic mass is 32.2. The van der Waals surface area contributed by atoms with Crippen LogP contribution >= 0.6 is 11.8 Å². The summed E-state index contributed by atoms with van der Waals surface area (Å²) in [6.45, 7) is 0.655. The zero-order chi connectivity index (χ0) is 10.7. The van der Waals surface area contributed by atoms with Crippen LogP contribution in [0.3, 0.4) is 0 Å². The average Bonchev–Trinajstić information content (AvgIpc) is 2.60. The number of hydrogen-bond donors (Lipinski definition) is 2. The summed E-state index contributed by atoms with van der Waals surface area (Å²) in [7, 11) is 0. The van der Waals surface area contributed by atoms with Gasteiger partial charge in [-0.2, -0.15) is 0 Å². The second-order valence-electron chi connectivity index (χ2n) is 3.41. The first-order chi connectivity index (χ1) is 7.29. The van der Waals surface area contributed by atoms with Crippen LogP contribution in [-0.2, 0) is 9.59 Å². The fraction of sp³-hybridized carbons (Fsp3) is 0.400. The van der Waals surface area contributed by atoms with Gasteiger partial charge in [-0.25, -0.2) is 0 Å². The lowest BCUT2D eigenvalue weighted by Crippen LogP contribution is -2.24. The predicted octanol–water partition coefficient (Wildman–Crippen LogP) is 0.526. The molecule has 0 aromatic carbocycles.